The van der Waals surface area contributed by atoms with Gasteiger partial charge in [0, 0.05) is 26.3 Å². The van der Waals surface area contributed by atoms with E-state index in [1.54, 1.807) is 11.6 Å². The number of nitro benzene ring substituents is 1. The summed E-state index contributed by atoms with van der Waals surface area (Å²) in [6, 6.07) is 3.95. The lowest BCUT2D eigenvalue weighted by Crippen LogP contribution is -2.34. The van der Waals surface area contributed by atoms with Crippen LogP contribution in [0.15, 0.2) is 34.6 Å². The molecule has 1 aliphatic rings. The van der Waals surface area contributed by atoms with Gasteiger partial charge < -0.3 is 19.4 Å². The maximum Gasteiger partial charge on any atom is 0.338 e. The van der Waals surface area contributed by atoms with E-state index in [1.807, 2.05) is 0 Å². The summed E-state index contributed by atoms with van der Waals surface area (Å²) in [5.74, 6) is -1.28. The fourth-order valence-electron chi connectivity index (χ4n) is 2.64. The lowest BCUT2D eigenvalue weighted by Gasteiger charge is -2.11. The number of carbonyl (C=O) groups excluding carboxylic acids is 2. The van der Waals surface area contributed by atoms with Gasteiger partial charge in [0.1, 0.15) is 6.33 Å². The third-order valence-electron chi connectivity index (χ3n) is 4.15. The molecule has 1 fully saturated rings. The monoisotopic (exact) mass is 421 g/mol. The summed E-state index contributed by atoms with van der Waals surface area (Å²) in [4.78, 5) is 35.1. The number of amides is 1. The van der Waals surface area contributed by atoms with Crippen molar-refractivity contribution in [1.29, 1.82) is 0 Å². The van der Waals surface area contributed by atoms with Gasteiger partial charge in [0.2, 0.25) is 0 Å². The minimum Gasteiger partial charge on any atom is -0.452 e. The number of nitrogens with zero attached hydrogens (tertiary/aromatic N) is 4. The number of ether oxygens (including phenoxy) is 2. The number of aromatic nitrogens is 3. The lowest BCUT2D eigenvalue weighted by atomic mass is 10.2. The Labute approximate surface area is 169 Å². The highest BCUT2D eigenvalue weighted by molar-refractivity contribution is 7.99. The molecule has 0 bridgehead atoms. The van der Waals surface area contributed by atoms with Gasteiger partial charge in [-0.15, -0.1) is 10.2 Å². The second-order valence-electron chi connectivity index (χ2n) is 6.28. The van der Waals surface area contributed by atoms with Crippen molar-refractivity contribution in [3.8, 4) is 0 Å². The molecule has 1 aromatic carbocycles. The number of hydrogen-bond donors (Lipinski definition) is 1. The largest absolute Gasteiger partial charge is 0.452 e. The van der Waals surface area contributed by atoms with Gasteiger partial charge in [0.05, 0.1) is 21.5 Å². The first kappa shape index (κ1) is 20.7. The van der Waals surface area contributed by atoms with Crippen LogP contribution in [0, 0.1) is 10.1 Å². The Hall–Kier alpha value is -2.99. The Morgan fingerprint density at radius 1 is 1.48 bits per heavy atom. The number of esters is 1. The Kier molecular flexibility index (Phi) is 6.77. The zero-order chi connectivity index (χ0) is 20.8. The summed E-state index contributed by atoms with van der Waals surface area (Å²) in [5.41, 5.74) is -0.291. The predicted octanol–water partition coefficient (Wildman–Crippen LogP) is 1.33. The number of aryl methyl sites for hydroxylation is 1. The van der Waals surface area contributed by atoms with Crippen molar-refractivity contribution in [2.75, 3.05) is 19.8 Å². The van der Waals surface area contributed by atoms with Crippen molar-refractivity contribution in [1.82, 2.24) is 20.1 Å². The maximum atomic E-state index is 12.2. The SMILES string of the molecule is Cn1cnnc1Sc1ccc(C(=O)OCC(=O)NCC2CCCO2)cc1[N+](=O)[O-]. The lowest BCUT2D eigenvalue weighted by molar-refractivity contribution is -0.387. The molecule has 1 amide bonds. The number of hydrogen-bond acceptors (Lipinski definition) is 9. The Morgan fingerprint density at radius 3 is 2.97 bits per heavy atom. The molecule has 2 heterocycles. The molecule has 1 atom stereocenters. The molecule has 0 aliphatic carbocycles. The number of nitrogens with one attached hydrogen (secondary N) is 1. The first-order valence-corrected chi connectivity index (χ1v) is 9.61. The molecular formula is C17H19N5O6S. The highest BCUT2D eigenvalue weighted by Gasteiger charge is 2.21. The summed E-state index contributed by atoms with van der Waals surface area (Å²) < 4.78 is 12.0. The number of carbonyl (C=O) groups is 2. The molecule has 154 valence electrons. The third-order valence-corrected chi connectivity index (χ3v) is 5.27. The van der Waals surface area contributed by atoms with E-state index >= 15 is 0 Å². The highest BCUT2D eigenvalue weighted by Crippen LogP contribution is 2.34. The number of nitro groups is 1. The first-order chi connectivity index (χ1) is 13.9. The predicted molar refractivity (Wildman–Crippen MR) is 100 cm³/mol. The summed E-state index contributed by atoms with van der Waals surface area (Å²) in [5, 5.41) is 22.1. The molecule has 1 aliphatic heterocycles. The van der Waals surface area contributed by atoms with Gasteiger partial charge in [0.25, 0.3) is 11.6 Å². The van der Waals surface area contributed by atoms with E-state index in [-0.39, 0.29) is 17.4 Å². The minimum absolute atomic E-state index is 0.0173. The molecule has 3 rings (SSSR count). The van der Waals surface area contributed by atoms with E-state index in [0.717, 1.165) is 30.7 Å². The standard InChI is InChI=1S/C17H19N5O6S/c1-21-10-19-20-17(21)29-14-5-4-11(7-13(14)22(25)26)16(24)28-9-15(23)18-8-12-3-2-6-27-12/h4-5,7,10,12H,2-3,6,8-9H2,1H3,(H,18,23). The van der Waals surface area contributed by atoms with E-state index in [2.05, 4.69) is 15.5 Å². The van der Waals surface area contributed by atoms with Gasteiger partial charge >= 0.3 is 5.97 Å². The fraction of sp³-hybridized carbons (Fsp3) is 0.412. The van der Waals surface area contributed by atoms with Crippen molar-refractivity contribution in [3.63, 3.8) is 0 Å². The van der Waals surface area contributed by atoms with Crippen LogP contribution >= 0.6 is 11.8 Å². The van der Waals surface area contributed by atoms with Crippen LogP contribution in [0.4, 0.5) is 5.69 Å². The van der Waals surface area contributed by atoms with Crippen molar-refractivity contribution >= 4 is 29.3 Å². The van der Waals surface area contributed by atoms with Crippen LogP contribution in [-0.4, -0.2) is 57.4 Å². The van der Waals surface area contributed by atoms with Crippen LogP contribution in [0.25, 0.3) is 0 Å². The summed E-state index contributed by atoms with van der Waals surface area (Å²) in [7, 11) is 1.71. The molecule has 29 heavy (non-hydrogen) atoms. The molecule has 1 aromatic heterocycles. The molecule has 0 spiro atoms. The molecule has 1 saturated heterocycles. The van der Waals surface area contributed by atoms with Gasteiger partial charge in [-0.1, -0.05) is 0 Å². The molecule has 12 heteroatoms. The van der Waals surface area contributed by atoms with E-state index in [1.165, 1.54) is 18.5 Å². The van der Waals surface area contributed by atoms with Crippen LogP contribution in [-0.2, 0) is 21.3 Å². The Bertz CT molecular complexity index is 911. The second-order valence-corrected chi connectivity index (χ2v) is 7.29. The molecule has 0 saturated carbocycles. The Balaban J connectivity index is 1.59. The third kappa shape index (κ3) is 5.51. The molecular weight excluding hydrogens is 402 g/mol. The molecule has 1 N–H and O–H groups in total. The second kappa shape index (κ2) is 9.47. The van der Waals surface area contributed by atoms with Crippen LogP contribution in [0.2, 0.25) is 0 Å². The van der Waals surface area contributed by atoms with Crippen molar-refractivity contribution in [2.24, 2.45) is 7.05 Å². The van der Waals surface area contributed by atoms with E-state index in [4.69, 9.17) is 9.47 Å². The smallest absolute Gasteiger partial charge is 0.338 e. The molecule has 0 radical (unpaired) electrons. The van der Waals surface area contributed by atoms with Crippen LogP contribution in [0.3, 0.4) is 0 Å². The van der Waals surface area contributed by atoms with Crippen LogP contribution < -0.4 is 5.32 Å². The van der Waals surface area contributed by atoms with Gasteiger partial charge in [-0.05, 0) is 36.7 Å². The summed E-state index contributed by atoms with van der Waals surface area (Å²) >= 11 is 1.05. The first-order valence-electron chi connectivity index (χ1n) is 8.79. The van der Waals surface area contributed by atoms with Gasteiger partial charge in [-0.2, -0.15) is 0 Å². The topological polar surface area (TPSA) is 138 Å². The van der Waals surface area contributed by atoms with Gasteiger partial charge in [0.15, 0.2) is 11.8 Å². The normalized spacial score (nSPS) is 15.8. The summed E-state index contributed by atoms with van der Waals surface area (Å²) in [6.45, 7) is 0.559. The van der Waals surface area contributed by atoms with Crippen molar-refractivity contribution in [2.45, 2.75) is 29.0 Å². The van der Waals surface area contributed by atoms with Crippen LogP contribution in [0.5, 0.6) is 0 Å². The Morgan fingerprint density at radius 2 is 2.31 bits per heavy atom. The van der Waals surface area contributed by atoms with E-state index in [0.29, 0.717) is 23.2 Å². The average molecular weight is 421 g/mol. The van der Waals surface area contributed by atoms with E-state index < -0.39 is 23.4 Å². The quantitative estimate of drug-likeness (QED) is 0.380. The van der Waals surface area contributed by atoms with Crippen LogP contribution in [0.1, 0.15) is 23.2 Å². The van der Waals surface area contributed by atoms with Crippen molar-refractivity contribution < 1.29 is 24.0 Å². The van der Waals surface area contributed by atoms with Gasteiger partial charge in [-0.3, -0.25) is 14.9 Å². The zero-order valence-corrected chi connectivity index (χ0v) is 16.4. The number of rotatable bonds is 8. The van der Waals surface area contributed by atoms with E-state index in [9.17, 15) is 19.7 Å². The summed E-state index contributed by atoms with van der Waals surface area (Å²) in [6.07, 6.45) is 3.29. The fourth-order valence-corrected chi connectivity index (χ4v) is 3.49. The molecule has 2 aromatic rings. The molecule has 11 nitrogen and oxygen atoms in total. The molecule has 1 unspecified atom stereocenters. The minimum atomic E-state index is -0.824. The highest BCUT2D eigenvalue weighted by atomic mass is 32.2. The maximum absolute atomic E-state index is 12.2. The van der Waals surface area contributed by atoms with Gasteiger partial charge in [-0.25, -0.2) is 4.79 Å². The average Bonchev–Trinajstić information content (AvgIpc) is 3.36. The number of benzene rings is 1. The zero-order valence-electron chi connectivity index (χ0n) is 15.6. The van der Waals surface area contributed by atoms with Crippen molar-refractivity contribution in [3.05, 3.63) is 40.2 Å².